The first kappa shape index (κ1) is 15.0. The maximum absolute atomic E-state index is 5.80. The molecule has 0 heterocycles. The van der Waals surface area contributed by atoms with Crippen LogP contribution in [0, 0.1) is 0 Å². The van der Waals surface area contributed by atoms with Crippen molar-refractivity contribution in [3.8, 4) is 0 Å². The summed E-state index contributed by atoms with van der Waals surface area (Å²) < 4.78 is 17.3. The zero-order valence-electron chi connectivity index (χ0n) is 11.0. The Kier molecular flexibility index (Phi) is 7.21. The average molecular weight is 317 g/mol. The molecule has 17 heavy (non-hydrogen) atoms. The van der Waals surface area contributed by atoms with E-state index in [1.807, 2.05) is 58.0 Å². The summed E-state index contributed by atoms with van der Waals surface area (Å²) in [4.78, 5) is 0. The summed E-state index contributed by atoms with van der Waals surface area (Å²) >= 11 is -2.61. The molecule has 4 heteroatoms. The van der Waals surface area contributed by atoms with Crippen molar-refractivity contribution in [1.29, 1.82) is 0 Å². The third-order valence-corrected chi connectivity index (χ3v) is 6.06. The first-order valence-corrected chi connectivity index (χ1v) is 8.96. The van der Waals surface area contributed by atoms with E-state index in [0.717, 1.165) is 5.56 Å². The Labute approximate surface area is 114 Å². The van der Waals surface area contributed by atoms with Crippen LogP contribution in [0.2, 0.25) is 0 Å². The maximum atomic E-state index is 5.80. The van der Waals surface area contributed by atoms with Gasteiger partial charge in [-0.3, -0.25) is 0 Å². The minimum atomic E-state index is -2.61. The van der Waals surface area contributed by atoms with Crippen molar-refractivity contribution in [3.05, 3.63) is 35.9 Å². The van der Waals surface area contributed by atoms with Gasteiger partial charge in [-0.1, -0.05) is 0 Å². The zero-order chi connectivity index (χ0) is 12.7. The molecule has 95 valence electrons. The molecule has 0 fully saturated rings. The van der Waals surface area contributed by atoms with Crippen molar-refractivity contribution >= 4 is 0 Å². The van der Waals surface area contributed by atoms with E-state index >= 15 is 0 Å². The molecule has 0 spiro atoms. The van der Waals surface area contributed by atoms with Crippen LogP contribution in [0.3, 0.4) is 0 Å². The van der Waals surface area contributed by atoms with Crippen LogP contribution in [-0.2, 0) is 38.1 Å². The normalized spacial score (nSPS) is 11.2. The van der Waals surface area contributed by atoms with E-state index in [9.17, 15) is 0 Å². The summed E-state index contributed by atoms with van der Waals surface area (Å²) in [6.07, 6.45) is 0.331. The molecular formula is C13H21O3Zr. The van der Waals surface area contributed by atoms with E-state index in [1.54, 1.807) is 0 Å². The number of hydrogen-bond acceptors (Lipinski definition) is 3. The topological polar surface area (TPSA) is 27.7 Å². The second-order valence-corrected chi connectivity index (χ2v) is 7.45. The second kappa shape index (κ2) is 8.15. The Morgan fingerprint density at radius 3 is 1.94 bits per heavy atom. The van der Waals surface area contributed by atoms with Crippen molar-refractivity contribution < 1.29 is 31.5 Å². The summed E-state index contributed by atoms with van der Waals surface area (Å²) in [7, 11) is 0. The van der Waals surface area contributed by atoms with Gasteiger partial charge < -0.3 is 0 Å². The van der Waals surface area contributed by atoms with Crippen LogP contribution in [-0.4, -0.2) is 12.2 Å². The van der Waals surface area contributed by atoms with Gasteiger partial charge in [0.1, 0.15) is 0 Å². The molecule has 1 aromatic rings. The van der Waals surface area contributed by atoms with Crippen LogP contribution >= 0.6 is 0 Å². The molecule has 0 saturated heterocycles. The fourth-order valence-corrected chi connectivity index (χ4v) is 4.26. The summed E-state index contributed by atoms with van der Waals surface area (Å²) in [5, 5.41) is 0. The molecule has 0 N–H and O–H groups in total. The Morgan fingerprint density at radius 2 is 1.47 bits per heavy atom. The van der Waals surface area contributed by atoms with Gasteiger partial charge in [0.05, 0.1) is 0 Å². The molecule has 3 nitrogen and oxygen atoms in total. The van der Waals surface area contributed by atoms with Gasteiger partial charge in [0.15, 0.2) is 0 Å². The van der Waals surface area contributed by atoms with Crippen molar-refractivity contribution in [2.75, 3.05) is 0 Å². The molecule has 0 atom stereocenters. The van der Waals surface area contributed by atoms with Crippen molar-refractivity contribution in [2.45, 2.75) is 46.5 Å². The fraction of sp³-hybridized carbons (Fsp3) is 0.538. The van der Waals surface area contributed by atoms with Crippen molar-refractivity contribution in [2.24, 2.45) is 0 Å². The molecule has 1 rings (SSSR count). The van der Waals surface area contributed by atoms with Crippen LogP contribution in [0.5, 0.6) is 0 Å². The van der Waals surface area contributed by atoms with E-state index in [1.165, 1.54) is 0 Å². The SMILES string of the molecule is CC(C)[O][Zr]([O]Cc1ccccc1)[O]C(C)C. The van der Waals surface area contributed by atoms with Gasteiger partial charge in [-0.25, -0.2) is 0 Å². The summed E-state index contributed by atoms with van der Waals surface area (Å²) in [6, 6.07) is 10.1. The van der Waals surface area contributed by atoms with Gasteiger partial charge >= 0.3 is 114 Å². The van der Waals surface area contributed by atoms with Gasteiger partial charge in [-0.15, -0.1) is 0 Å². The second-order valence-electron chi connectivity index (χ2n) is 4.36. The van der Waals surface area contributed by atoms with Gasteiger partial charge in [-0.05, 0) is 0 Å². The number of hydrogen-bond donors (Lipinski definition) is 0. The van der Waals surface area contributed by atoms with Crippen LogP contribution in [0.15, 0.2) is 30.3 Å². The molecule has 0 bridgehead atoms. The predicted molar refractivity (Wildman–Crippen MR) is 63.7 cm³/mol. The van der Waals surface area contributed by atoms with Gasteiger partial charge in [0.2, 0.25) is 0 Å². The molecule has 0 aliphatic carbocycles. The summed E-state index contributed by atoms with van der Waals surface area (Å²) in [5.41, 5.74) is 1.16. The van der Waals surface area contributed by atoms with Crippen molar-refractivity contribution in [1.82, 2.24) is 0 Å². The molecule has 0 unspecified atom stereocenters. The molecular weight excluding hydrogens is 295 g/mol. The fourth-order valence-electron chi connectivity index (χ4n) is 1.20. The Balaban J connectivity index is 2.43. The van der Waals surface area contributed by atoms with Gasteiger partial charge in [-0.2, -0.15) is 0 Å². The first-order chi connectivity index (χ1) is 8.08. The minimum absolute atomic E-state index is 0.166. The monoisotopic (exact) mass is 315 g/mol. The van der Waals surface area contributed by atoms with E-state index in [-0.39, 0.29) is 12.2 Å². The Hall–Kier alpha value is -0.0169. The van der Waals surface area contributed by atoms with E-state index in [0.29, 0.717) is 6.61 Å². The predicted octanol–water partition coefficient (Wildman–Crippen LogP) is 3.42. The molecule has 0 radical (unpaired) electrons. The van der Waals surface area contributed by atoms with Crippen LogP contribution in [0.4, 0.5) is 0 Å². The molecule has 1 aromatic carbocycles. The van der Waals surface area contributed by atoms with Gasteiger partial charge in [0, 0.05) is 0 Å². The zero-order valence-corrected chi connectivity index (χ0v) is 13.4. The molecule has 0 aromatic heterocycles. The number of benzene rings is 1. The third kappa shape index (κ3) is 7.10. The molecule has 0 aliphatic rings. The quantitative estimate of drug-likeness (QED) is 0.771. The standard InChI is InChI=1S/C7H7O.2C3H7O.Zr/c8-6-7-4-2-1-3-5-7;2*1-3(2)4;/h1-5H,6H2;2*3H,1-2H3;/q3*-1;+3. The molecule has 0 saturated carbocycles. The van der Waals surface area contributed by atoms with E-state index < -0.39 is 23.1 Å². The van der Waals surface area contributed by atoms with E-state index in [2.05, 4.69) is 0 Å². The summed E-state index contributed by atoms with van der Waals surface area (Å²) in [6.45, 7) is 8.62. The van der Waals surface area contributed by atoms with E-state index in [4.69, 9.17) is 8.44 Å². The van der Waals surface area contributed by atoms with Crippen LogP contribution < -0.4 is 0 Å². The molecule has 0 amide bonds. The molecule has 0 aliphatic heterocycles. The van der Waals surface area contributed by atoms with Crippen LogP contribution in [0.25, 0.3) is 0 Å². The van der Waals surface area contributed by atoms with Gasteiger partial charge in [0.25, 0.3) is 0 Å². The Bertz CT molecular complexity index is 291. The third-order valence-electron chi connectivity index (χ3n) is 1.86. The number of rotatable bonds is 7. The Morgan fingerprint density at radius 1 is 0.941 bits per heavy atom. The van der Waals surface area contributed by atoms with Crippen molar-refractivity contribution in [3.63, 3.8) is 0 Å². The first-order valence-electron chi connectivity index (χ1n) is 5.95. The van der Waals surface area contributed by atoms with Crippen LogP contribution in [0.1, 0.15) is 33.3 Å². The average Bonchev–Trinajstić information content (AvgIpc) is 2.26. The summed E-state index contributed by atoms with van der Waals surface area (Å²) in [5.74, 6) is 0.